The molecule has 4 amide bonds. The number of nitrogens with one attached hydrogen (secondary N) is 2. The van der Waals surface area contributed by atoms with Crippen LogP contribution in [0, 0.1) is 5.92 Å². The minimum atomic E-state index is -0.965. The number of likely N-dealkylation sites (N-methyl/N-ethyl adjacent to an activating group) is 1. The fourth-order valence-corrected chi connectivity index (χ4v) is 7.28. The molecule has 3 aliphatic heterocycles. The van der Waals surface area contributed by atoms with Crippen molar-refractivity contribution in [2.75, 3.05) is 50.0 Å². The fourth-order valence-electron chi connectivity index (χ4n) is 7.28. The Labute approximate surface area is 267 Å². The van der Waals surface area contributed by atoms with Crippen LogP contribution in [0.15, 0.2) is 42.7 Å². The first-order valence-electron chi connectivity index (χ1n) is 16.4. The highest BCUT2D eigenvalue weighted by Crippen LogP contribution is 2.47. The molecule has 2 saturated carbocycles. The van der Waals surface area contributed by atoms with Gasteiger partial charge in [-0.1, -0.05) is 0 Å². The lowest BCUT2D eigenvalue weighted by molar-refractivity contribution is -0.136. The van der Waals surface area contributed by atoms with E-state index < -0.39 is 23.8 Å². The Morgan fingerprint density at radius 1 is 0.935 bits per heavy atom. The van der Waals surface area contributed by atoms with Crippen molar-refractivity contribution in [3.05, 3.63) is 59.4 Å². The molecule has 12 heteroatoms. The molecule has 4 fully saturated rings. The maximum Gasteiger partial charge on any atom is 0.262 e. The van der Waals surface area contributed by atoms with Crippen molar-refractivity contribution < 1.29 is 19.2 Å². The van der Waals surface area contributed by atoms with Crippen molar-refractivity contribution >= 4 is 35.0 Å². The predicted octanol–water partition coefficient (Wildman–Crippen LogP) is 3.04. The number of pyridine rings is 1. The van der Waals surface area contributed by atoms with E-state index in [1.807, 2.05) is 12.3 Å². The Bertz CT molecular complexity index is 1730. The Kier molecular flexibility index (Phi) is 7.12. The van der Waals surface area contributed by atoms with Gasteiger partial charge in [0, 0.05) is 62.8 Å². The SMILES string of the molecule is CN1CCN(c2cccnc2-c2nn(C3CC(CNc4ccc5c(c4)C(=O)N(C4CCC(=O)NC4=O)C5=O)C3)cc2C2CC2)CC1. The van der Waals surface area contributed by atoms with Crippen molar-refractivity contribution in [2.24, 2.45) is 5.92 Å². The molecule has 2 saturated heterocycles. The number of carbonyl (C=O) groups excluding carboxylic acids is 4. The first kappa shape index (κ1) is 28.9. The number of piperazine rings is 1. The van der Waals surface area contributed by atoms with Gasteiger partial charge in [-0.05, 0) is 81.3 Å². The first-order valence-corrected chi connectivity index (χ1v) is 16.4. The van der Waals surface area contributed by atoms with Gasteiger partial charge in [-0.3, -0.25) is 39.1 Å². The highest BCUT2D eigenvalue weighted by Gasteiger charge is 2.45. The molecule has 0 spiro atoms. The number of benzene rings is 1. The number of hydrogen-bond acceptors (Lipinski definition) is 9. The molecule has 1 atom stereocenters. The number of imide groups is 2. The number of nitrogens with zero attached hydrogens (tertiary/aromatic N) is 6. The van der Waals surface area contributed by atoms with Crippen molar-refractivity contribution in [3.63, 3.8) is 0 Å². The molecule has 238 valence electrons. The molecule has 8 rings (SSSR count). The molecule has 0 radical (unpaired) electrons. The third kappa shape index (κ3) is 5.14. The number of anilines is 2. The first-order chi connectivity index (χ1) is 22.3. The van der Waals surface area contributed by atoms with Crippen LogP contribution in [-0.4, -0.2) is 94.0 Å². The van der Waals surface area contributed by atoms with Crippen molar-refractivity contribution in [2.45, 2.75) is 56.5 Å². The summed E-state index contributed by atoms with van der Waals surface area (Å²) in [5.41, 5.74) is 5.85. The van der Waals surface area contributed by atoms with Gasteiger partial charge in [-0.15, -0.1) is 0 Å². The molecule has 46 heavy (non-hydrogen) atoms. The van der Waals surface area contributed by atoms with Gasteiger partial charge < -0.3 is 15.1 Å². The van der Waals surface area contributed by atoms with Gasteiger partial charge in [0.25, 0.3) is 11.8 Å². The maximum absolute atomic E-state index is 13.2. The van der Waals surface area contributed by atoms with E-state index in [-0.39, 0.29) is 29.9 Å². The van der Waals surface area contributed by atoms with Gasteiger partial charge in [-0.2, -0.15) is 5.10 Å². The lowest BCUT2D eigenvalue weighted by atomic mass is 9.80. The summed E-state index contributed by atoms with van der Waals surface area (Å²) in [7, 11) is 2.17. The van der Waals surface area contributed by atoms with Crippen LogP contribution in [0.2, 0.25) is 0 Å². The quantitative estimate of drug-likeness (QED) is 0.364. The van der Waals surface area contributed by atoms with Crippen LogP contribution < -0.4 is 15.5 Å². The molecule has 1 unspecified atom stereocenters. The monoisotopic (exact) mass is 622 g/mol. The summed E-state index contributed by atoms with van der Waals surface area (Å²) in [6, 6.07) is 8.72. The van der Waals surface area contributed by atoms with E-state index in [9.17, 15) is 19.2 Å². The van der Waals surface area contributed by atoms with Gasteiger partial charge >= 0.3 is 0 Å². The number of piperidine rings is 1. The molecular formula is C34H38N8O4. The van der Waals surface area contributed by atoms with Crippen LogP contribution in [0.1, 0.15) is 76.8 Å². The Morgan fingerprint density at radius 2 is 1.72 bits per heavy atom. The van der Waals surface area contributed by atoms with Crippen LogP contribution in [-0.2, 0) is 9.59 Å². The van der Waals surface area contributed by atoms with E-state index in [4.69, 9.17) is 10.1 Å². The van der Waals surface area contributed by atoms with Crippen molar-refractivity contribution in [3.8, 4) is 11.4 Å². The Hall–Kier alpha value is -4.58. The predicted molar refractivity (Wildman–Crippen MR) is 171 cm³/mol. The minimum absolute atomic E-state index is 0.0987. The van der Waals surface area contributed by atoms with Gasteiger partial charge in [0.2, 0.25) is 11.8 Å². The van der Waals surface area contributed by atoms with Crippen LogP contribution >= 0.6 is 0 Å². The van der Waals surface area contributed by atoms with E-state index >= 15 is 0 Å². The summed E-state index contributed by atoms with van der Waals surface area (Å²) in [5, 5.41) is 10.9. The molecule has 0 bridgehead atoms. The van der Waals surface area contributed by atoms with Gasteiger partial charge in [-0.25, -0.2) is 0 Å². The van der Waals surface area contributed by atoms with Crippen LogP contribution in [0.3, 0.4) is 0 Å². The molecule has 12 nitrogen and oxygen atoms in total. The third-order valence-electron chi connectivity index (χ3n) is 10.3. The average Bonchev–Trinajstić information content (AvgIpc) is 3.75. The van der Waals surface area contributed by atoms with E-state index in [1.54, 1.807) is 18.2 Å². The smallest absolute Gasteiger partial charge is 0.262 e. The minimum Gasteiger partial charge on any atom is -0.385 e. The number of rotatable bonds is 8. The standard InChI is InChI=1S/C34H38N8O4/c1-39-11-13-40(14-12-39)27-3-2-10-35-31(27)30-26(21-4-5-21)19-41(38-30)23-15-20(16-23)18-36-22-6-7-24-25(17-22)34(46)42(33(24)45)28-8-9-29(43)37-32(28)44/h2-3,6-7,10,17,19-21,23,28,36H,4-5,8-9,11-16,18H2,1H3,(H,37,43,44). The summed E-state index contributed by atoms with van der Waals surface area (Å²) < 4.78 is 2.17. The summed E-state index contributed by atoms with van der Waals surface area (Å²) in [4.78, 5) is 60.8. The Balaban J connectivity index is 0.922. The number of amides is 4. The van der Waals surface area contributed by atoms with Crippen molar-refractivity contribution in [1.29, 1.82) is 0 Å². The number of aromatic nitrogens is 3. The second kappa shape index (κ2) is 11.3. The topological polar surface area (TPSA) is 133 Å². The molecule has 5 aliphatic rings. The van der Waals surface area contributed by atoms with E-state index in [0.29, 0.717) is 17.9 Å². The van der Waals surface area contributed by atoms with E-state index in [2.05, 4.69) is 44.4 Å². The van der Waals surface area contributed by atoms with Crippen molar-refractivity contribution in [1.82, 2.24) is 29.9 Å². The number of fused-ring (bicyclic) bond motifs is 1. The van der Waals surface area contributed by atoms with E-state index in [1.165, 1.54) is 24.1 Å². The molecule has 3 aromatic rings. The molecule has 2 aliphatic carbocycles. The third-order valence-corrected chi connectivity index (χ3v) is 10.3. The molecule has 2 N–H and O–H groups in total. The zero-order chi connectivity index (χ0) is 31.5. The summed E-state index contributed by atoms with van der Waals surface area (Å²) in [6.45, 7) is 4.79. The fraction of sp³-hybridized carbons (Fsp3) is 0.471. The lowest BCUT2D eigenvalue weighted by Gasteiger charge is -2.36. The maximum atomic E-state index is 13.2. The number of hydrogen-bond donors (Lipinski definition) is 2. The van der Waals surface area contributed by atoms with Gasteiger partial charge in [0.15, 0.2) is 0 Å². The Morgan fingerprint density at radius 3 is 2.48 bits per heavy atom. The summed E-state index contributed by atoms with van der Waals surface area (Å²) >= 11 is 0. The van der Waals surface area contributed by atoms with Crippen LogP contribution in [0.5, 0.6) is 0 Å². The van der Waals surface area contributed by atoms with Gasteiger partial charge in [0.1, 0.15) is 17.4 Å². The molecule has 2 aromatic heterocycles. The average molecular weight is 623 g/mol. The zero-order valence-corrected chi connectivity index (χ0v) is 25.9. The lowest BCUT2D eigenvalue weighted by Crippen LogP contribution is -2.54. The van der Waals surface area contributed by atoms with Gasteiger partial charge in [0.05, 0.1) is 22.9 Å². The highest BCUT2D eigenvalue weighted by molar-refractivity contribution is 6.23. The molecule has 5 heterocycles. The second-order valence-corrected chi connectivity index (χ2v) is 13.4. The molecule has 1 aromatic carbocycles. The normalized spacial score (nSPS) is 25.0. The van der Waals surface area contributed by atoms with Crippen LogP contribution in [0.4, 0.5) is 11.4 Å². The zero-order valence-electron chi connectivity index (χ0n) is 25.9. The summed E-state index contributed by atoms with van der Waals surface area (Å²) in [6.07, 6.45) is 8.78. The van der Waals surface area contributed by atoms with Crippen LogP contribution in [0.25, 0.3) is 11.4 Å². The summed E-state index contributed by atoms with van der Waals surface area (Å²) in [5.74, 6) is -0.970. The number of carbonyl (C=O) groups is 4. The molecular weight excluding hydrogens is 584 g/mol. The van der Waals surface area contributed by atoms with E-state index in [0.717, 1.165) is 67.5 Å². The second-order valence-electron chi connectivity index (χ2n) is 13.4. The largest absolute Gasteiger partial charge is 0.385 e. The highest BCUT2D eigenvalue weighted by atomic mass is 16.2.